The van der Waals surface area contributed by atoms with Crippen molar-refractivity contribution in [3.05, 3.63) is 54.1 Å². The van der Waals surface area contributed by atoms with Gasteiger partial charge in [-0.1, -0.05) is 6.07 Å². The first kappa shape index (κ1) is 18.6. The summed E-state index contributed by atoms with van der Waals surface area (Å²) in [4.78, 5) is 25.9. The number of aromatic nitrogens is 4. The smallest absolute Gasteiger partial charge is 0.226 e. The number of carbonyl (C=O) groups is 1. The molecule has 5 heterocycles. The van der Waals surface area contributed by atoms with Crippen LogP contribution >= 0.6 is 0 Å². The molecule has 0 N–H and O–H groups in total. The van der Waals surface area contributed by atoms with Crippen LogP contribution < -0.4 is 4.90 Å². The van der Waals surface area contributed by atoms with Crippen LogP contribution in [0.2, 0.25) is 0 Å². The van der Waals surface area contributed by atoms with Crippen LogP contribution in [0.1, 0.15) is 30.4 Å². The second-order valence-corrected chi connectivity index (χ2v) is 8.03. The molecular formula is C22H23N7O. The summed E-state index contributed by atoms with van der Waals surface area (Å²) in [6.07, 6.45) is 8.75. The number of hydrogen-bond donors (Lipinski definition) is 0. The standard InChI is InChI=1S/C22H23N7O/c23-12-16-6-7-20(24-13-16)27-9-10-28-19(14-27)11-18(22(28)30)4-1-3-17-5-2-8-29-21(17)25-15-26-29/h2,5-8,13,15,18-19H,1,3-4,9-11,14H2/t18-,19-/m0/s1. The molecule has 0 unspecified atom stereocenters. The third-order valence-corrected chi connectivity index (χ3v) is 6.26. The Balaban J connectivity index is 1.19. The van der Waals surface area contributed by atoms with Gasteiger partial charge in [0.25, 0.3) is 0 Å². The molecule has 0 aliphatic carbocycles. The number of piperazine rings is 1. The van der Waals surface area contributed by atoms with Crippen LogP contribution in [0.15, 0.2) is 43.0 Å². The van der Waals surface area contributed by atoms with Gasteiger partial charge in [0, 0.05) is 37.9 Å². The van der Waals surface area contributed by atoms with Crippen molar-refractivity contribution in [2.45, 2.75) is 31.7 Å². The van der Waals surface area contributed by atoms with Gasteiger partial charge in [-0.3, -0.25) is 4.79 Å². The predicted octanol–water partition coefficient (Wildman–Crippen LogP) is 2.06. The molecule has 0 spiro atoms. The highest BCUT2D eigenvalue weighted by molar-refractivity contribution is 5.82. The van der Waals surface area contributed by atoms with E-state index in [1.165, 1.54) is 5.56 Å². The maximum Gasteiger partial charge on any atom is 0.226 e. The van der Waals surface area contributed by atoms with Crippen molar-refractivity contribution in [2.75, 3.05) is 24.5 Å². The second-order valence-electron chi connectivity index (χ2n) is 8.03. The van der Waals surface area contributed by atoms with E-state index in [0.717, 1.165) is 56.8 Å². The number of nitrogens with zero attached hydrogens (tertiary/aromatic N) is 7. The first-order valence-electron chi connectivity index (χ1n) is 10.4. The van der Waals surface area contributed by atoms with Crippen molar-refractivity contribution in [3.63, 3.8) is 0 Å². The molecule has 8 heteroatoms. The first-order chi connectivity index (χ1) is 14.7. The molecule has 0 saturated carbocycles. The third kappa shape index (κ3) is 3.36. The van der Waals surface area contributed by atoms with Crippen LogP contribution in [-0.4, -0.2) is 56.1 Å². The van der Waals surface area contributed by atoms with Crippen LogP contribution in [0.4, 0.5) is 5.82 Å². The lowest BCUT2D eigenvalue weighted by molar-refractivity contribution is -0.132. The van der Waals surface area contributed by atoms with Gasteiger partial charge in [-0.15, -0.1) is 0 Å². The van der Waals surface area contributed by atoms with E-state index in [4.69, 9.17) is 5.26 Å². The largest absolute Gasteiger partial charge is 0.353 e. The zero-order chi connectivity index (χ0) is 20.5. The van der Waals surface area contributed by atoms with Crippen LogP contribution in [-0.2, 0) is 11.2 Å². The lowest BCUT2D eigenvalue weighted by atomic mass is 9.96. The summed E-state index contributed by atoms with van der Waals surface area (Å²) in [5.41, 5.74) is 2.64. The minimum atomic E-state index is 0.0986. The SMILES string of the molecule is N#Cc1ccc(N2CCN3C(=O)[C@@H](CCCc4cccn5ncnc45)C[C@H]3C2)nc1. The molecule has 30 heavy (non-hydrogen) atoms. The minimum Gasteiger partial charge on any atom is -0.353 e. The molecule has 2 fully saturated rings. The fourth-order valence-corrected chi connectivity index (χ4v) is 4.74. The van der Waals surface area contributed by atoms with Gasteiger partial charge in [0.1, 0.15) is 18.2 Å². The van der Waals surface area contributed by atoms with Crippen molar-refractivity contribution >= 4 is 17.4 Å². The van der Waals surface area contributed by atoms with Gasteiger partial charge in [0.15, 0.2) is 5.65 Å². The van der Waals surface area contributed by atoms with E-state index in [9.17, 15) is 4.79 Å². The average Bonchev–Trinajstić information content (AvgIpc) is 3.39. The van der Waals surface area contributed by atoms with E-state index in [1.54, 1.807) is 23.1 Å². The number of anilines is 1. The molecular weight excluding hydrogens is 378 g/mol. The van der Waals surface area contributed by atoms with Crippen LogP contribution in [0.5, 0.6) is 0 Å². The Morgan fingerprint density at radius 1 is 1.20 bits per heavy atom. The highest BCUT2D eigenvalue weighted by Gasteiger charge is 2.42. The molecule has 0 bridgehead atoms. The lowest BCUT2D eigenvalue weighted by Gasteiger charge is -2.38. The highest BCUT2D eigenvalue weighted by Crippen LogP contribution is 2.32. The molecule has 1 amide bonds. The van der Waals surface area contributed by atoms with Gasteiger partial charge in [0.05, 0.1) is 11.6 Å². The van der Waals surface area contributed by atoms with Crippen molar-refractivity contribution < 1.29 is 4.79 Å². The van der Waals surface area contributed by atoms with Gasteiger partial charge in [-0.05, 0) is 49.4 Å². The van der Waals surface area contributed by atoms with Crippen molar-refractivity contribution in [3.8, 4) is 6.07 Å². The molecule has 5 rings (SSSR count). The zero-order valence-corrected chi connectivity index (χ0v) is 16.7. The van der Waals surface area contributed by atoms with E-state index in [2.05, 4.69) is 37.0 Å². The van der Waals surface area contributed by atoms with Gasteiger partial charge in [0.2, 0.25) is 5.91 Å². The molecule has 2 aliphatic heterocycles. The molecule has 8 nitrogen and oxygen atoms in total. The summed E-state index contributed by atoms with van der Waals surface area (Å²) in [6, 6.07) is 10.1. The van der Waals surface area contributed by atoms with Crippen LogP contribution in [0, 0.1) is 17.2 Å². The molecule has 2 aliphatic rings. The van der Waals surface area contributed by atoms with E-state index in [-0.39, 0.29) is 12.0 Å². The molecule has 3 aromatic heterocycles. The molecule has 0 radical (unpaired) electrons. The van der Waals surface area contributed by atoms with Gasteiger partial charge < -0.3 is 9.80 Å². The van der Waals surface area contributed by atoms with Gasteiger partial charge in [-0.25, -0.2) is 14.5 Å². The number of nitriles is 1. The number of fused-ring (bicyclic) bond motifs is 2. The summed E-state index contributed by atoms with van der Waals surface area (Å²) >= 11 is 0. The summed E-state index contributed by atoms with van der Waals surface area (Å²) < 4.78 is 1.79. The quantitative estimate of drug-likeness (QED) is 0.650. The van der Waals surface area contributed by atoms with Gasteiger partial charge >= 0.3 is 0 Å². The number of amides is 1. The normalized spacial score (nSPS) is 21.1. The number of hydrogen-bond acceptors (Lipinski definition) is 6. The fourth-order valence-electron chi connectivity index (χ4n) is 4.74. The Morgan fingerprint density at radius 3 is 2.97 bits per heavy atom. The maximum absolute atomic E-state index is 12.9. The van der Waals surface area contributed by atoms with Gasteiger partial charge in [-0.2, -0.15) is 10.4 Å². The third-order valence-electron chi connectivity index (χ3n) is 6.26. The molecule has 2 atom stereocenters. The zero-order valence-electron chi connectivity index (χ0n) is 16.7. The Morgan fingerprint density at radius 2 is 2.13 bits per heavy atom. The monoisotopic (exact) mass is 401 g/mol. The second kappa shape index (κ2) is 7.75. The van der Waals surface area contributed by atoms with E-state index in [0.29, 0.717) is 11.5 Å². The maximum atomic E-state index is 12.9. The number of rotatable bonds is 5. The number of carbonyl (C=O) groups excluding carboxylic acids is 1. The molecule has 0 aromatic carbocycles. The molecule has 2 saturated heterocycles. The van der Waals surface area contributed by atoms with E-state index >= 15 is 0 Å². The topological polar surface area (TPSA) is 90.4 Å². The fraction of sp³-hybridized carbons (Fsp3) is 0.409. The van der Waals surface area contributed by atoms with Crippen LogP contribution in [0.25, 0.3) is 5.65 Å². The Hall–Kier alpha value is -3.47. The van der Waals surface area contributed by atoms with E-state index < -0.39 is 0 Å². The Kier molecular flexibility index (Phi) is 4.79. The van der Waals surface area contributed by atoms with Crippen molar-refractivity contribution in [1.82, 2.24) is 24.5 Å². The number of aryl methyl sites for hydroxylation is 1. The van der Waals surface area contributed by atoms with Crippen LogP contribution in [0.3, 0.4) is 0 Å². The summed E-state index contributed by atoms with van der Waals surface area (Å²) in [6.45, 7) is 2.32. The van der Waals surface area contributed by atoms with E-state index in [1.807, 2.05) is 18.3 Å². The number of pyridine rings is 2. The molecule has 152 valence electrons. The molecule has 3 aromatic rings. The van der Waals surface area contributed by atoms with Crippen molar-refractivity contribution in [2.24, 2.45) is 5.92 Å². The first-order valence-corrected chi connectivity index (χ1v) is 10.4. The Labute approximate surface area is 174 Å². The average molecular weight is 401 g/mol. The summed E-state index contributed by atoms with van der Waals surface area (Å²) in [5.74, 6) is 1.28. The Bertz CT molecular complexity index is 1100. The lowest BCUT2D eigenvalue weighted by Crippen LogP contribution is -2.51. The van der Waals surface area contributed by atoms with Crippen molar-refractivity contribution in [1.29, 1.82) is 5.26 Å². The minimum absolute atomic E-state index is 0.0986. The summed E-state index contributed by atoms with van der Waals surface area (Å²) in [7, 11) is 0. The highest BCUT2D eigenvalue weighted by atomic mass is 16.2. The summed E-state index contributed by atoms with van der Waals surface area (Å²) in [5, 5.41) is 13.1. The predicted molar refractivity (Wildman–Crippen MR) is 111 cm³/mol.